The number of hydrogen-bond donors (Lipinski definition) is 1. The van der Waals surface area contributed by atoms with E-state index in [1.165, 1.54) is 31.4 Å². The van der Waals surface area contributed by atoms with Crippen LogP contribution in [0, 0.1) is 5.92 Å². The van der Waals surface area contributed by atoms with Crippen LogP contribution in [0.25, 0.3) is 0 Å². The van der Waals surface area contributed by atoms with Crippen LogP contribution in [-0.2, 0) is 0 Å². The van der Waals surface area contributed by atoms with E-state index in [0.29, 0.717) is 11.6 Å². The van der Waals surface area contributed by atoms with Gasteiger partial charge in [0.05, 0.1) is 0 Å². The summed E-state index contributed by atoms with van der Waals surface area (Å²) in [6.45, 7) is 8.29. The van der Waals surface area contributed by atoms with Crippen molar-refractivity contribution in [2.45, 2.75) is 44.7 Å². The van der Waals surface area contributed by atoms with E-state index in [-0.39, 0.29) is 0 Å². The van der Waals surface area contributed by atoms with E-state index in [9.17, 15) is 0 Å². The topological polar surface area (TPSA) is 15.3 Å². The maximum atomic E-state index is 3.79. The van der Waals surface area contributed by atoms with Gasteiger partial charge in [-0.3, -0.25) is 4.90 Å². The zero-order valence-electron chi connectivity index (χ0n) is 12.2. The van der Waals surface area contributed by atoms with Crippen LogP contribution in [-0.4, -0.2) is 30.1 Å². The first-order chi connectivity index (χ1) is 9.24. The lowest BCUT2D eigenvalue weighted by Crippen LogP contribution is -2.61. The lowest BCUT2D eigenvalue weighted by atomic mass is 9.88. The highest BCUT2D eigenvalue weighted by Gasteiger charge is 2.47. The van der Waals surface area contributed by atoms with Gasteiger partial charge < -0.3 is 5.32 Å². The molecule has 1 aromatic rings. The van der Waals surface area contributed by atoms with Crippen LogP contribution in [0.5, 0.6) is 0 Å². The maximum Gasteiger partial charge on any atom is 0.0450 e. The number of rotatable bonds is 4. The summed E-state index contributed by atoms with van der Waals surface area (Å²) in [7, 11) is 0. The molecule has 19 heavy (non-hydrogen) atoms. The third-order valence-corrected chi connectivity index (χ3v) is 4.98. The lowest BCUT2D eigenvalue weighted by molar-refractivity contribution is 0.0347. The second kappa shape index (κ2) is 5.26. The lowest BCUT2D eigenvalue weighted by Gasteiger charge is -2.49. The predicted octanol–water partition coefficient (Wildman–Crippen LogP) is 3.21. The normalized spacial score (nSPS) is 32.4. The van der Waals surface area contributed by atoms with Crippen molar-refractivity contribution in [3.05, 3.63) is 35.9 Å². The fourth-order valence-corrected chi connectivity index (χ4v) is 3.57. The Morgan fingerprint density at radius 3 is 2.63 bits per heavy atom. The van der Waals surface area contributed by atoms with Gasteiger partial charge in [-0.1, -0.05) is 37.3 Å². The van der Waals surface area contributed by atoms with Gasteiger partial charge in [0.25, 0.3) is 0 Å². The van der Waals surface area contributed by atoms with Crippen LogP contribution < -0.4 is 5.32 Å². The number of nitrogens with one attached hydrogen (secondary N) is 1. The van der Waals surface area contributed by atoms with Gasteiger partial charge in [0.2, 0.25) is 0 Å². The zero-order valence-corrected chi connectivity index (χ0v) is 12.2. The Morgan fingerprint density at radius 2 is 2.00 bits per heavy atom. The van der Waals surface area contributed by atoms with E-state index >= 15 is 0 Å². The average Bonchev–Trinajstić information content (AvgIpc) is 3.27. The fraction of sp³-hybridized carbons (Fsp3) is 0.647. The number of piperazine rings is 1. The summed E-state index contributed by atoms with van der Waals surface area (Å²) in [5.41, 5.74) is 1.82. The highest BCUT2D eigenvalue weighted by atomic mass is 15.3. The van der Waals surface area contributed by atoms with Crippen LogP contribution >= 0.6 is 0 Å². The Balaban J connectivity index is 1.76. The van der Waals surface area contributed by atoms with Crippen LogP contribution in [0.1, 0.15) is 44.7 Å². The summed E-state index contributed by atoms with van der Waals surface area (Å²) < 4.78 is 0. The zero-order chi connectivity index (χ0) is 13.3. The molecular weight excluding hydrogens is 232 g/mol. The van der Waals surface area contributed by atoms with Crippen molar-refractivity contribution in [3.8, 4) is 0 Å². The van der Waals surface area contributed by atoms with Gasteiger partial charge >= 0.3 is 0 Å². The van der Waals surface area contributed by atoms with E-state index in [0.717, 1.165) is 19.0 Å². The number of hydrogen-bond acceptors (Lipinski definition) is 2. The van der Waals surface area contributed by atoms with E-state index in [1.54, 1.807) is 0 Å². The van der Waals surface area contributed by atoms with Crippen molar-refractivity contribution >= 4 is 0 Å². The van der Waals surface area contributed by atoms with Crippen molar-refractivity contribution in [1.82, 2.24) is 10.2 Å². The van der Waals surface area contributed by atoms with Gasteiger partial charge in [0.1, 0.15) is 0 Å². The molecule has 1 saturated carbocycles. The van der Waals surface area contributed by atoms with E-state index < -0.39 is 0 Å². The molecular formula is C17H26N2. The first-order valence-electron chi connectivity index (χ1n) is 7.77. The monoisotopic (exact) mass is 258 g/mol. The Bertz CT molecular complexity index is 413. The van der Waals surface area contributed by atoms with Gasteiger partial charge in [-0.2, -0.15) is 0 Å². The molecule has 2 heteroatoms. The quantitative estimate of drug-likeness (QED) is 0.892. The van der Waals surface area contributed by atoms with Crippen molar-refractivity contribution < 1.29 is 0 Å². The second-order valence-electron chi connectivity index (χ2n) is 6.42. The molecule has 2 fully saturated rings. The minimum atomic E-state index is 0.390. The molecule has 2 aliphatic rings. The number of nitrogens with zero attached hydrogens (tertiary/aromatic N) is 1. The SMILES string of the molecule is CCCN1CC(c2ccccc2)NCC1(C)C1CC1. The Kier molecular flexibility index (Phi) is 3.64. The van der Waals surface area contributed by atoms with Gasteiger partial charge in [0.15, 0.2) is 0 Å². The van der Waals surface area contributed by atoms with Gasteiger partial charge in [-0.25, -0.2) is 0 Å². The van der Waals surface area contributed by atoms with Crippen LogP contribution in [0.4, 0.5) is 0 Å². The molecule has 0 spiro atoms. The molecule has 0 aromatic heterocycles. The predicted molar refractivity (Wildman–Crippen MR) is 80.2 cm³/mol. The number of benzene rings is 1. The van der Waals surface area contributed by atoms with Crippen molar-refractivity contribution in [3.63, 3.8) is 0 Å². The molecule has 1 aliphatic heterocycles. The largest absolute Gasteiger partial charge is 0.307 e. The van der Waals surface area contributed by atoms with Crippen LogP contribution in [0.15, 0.2) is 30.3 Å². The van der Waals surface area contributed by atoms with Crippen LogP contribution in [0.2, 0.25) is 0 Å². The van der Waals surface area contributed by atoms with Crippen LogP contribution in [0.3, 0.4) is 0 Å². The standard InChI is InChI=1S/C17H26N2/c1-3-11-19-12-16(14-7-5-4-6-8-14)18-13-17(19,2)15-9-10-15/h4-8,15-16,18H,3,9-13H2,1-2H3. The highest BCUT2D eigenvalue weighted by Crippen LogP contribution is 2.45. The Labute approximate surface area is 117 Å². The van der Waals surface area contributed by atoms with Gasteiger partial charge in [0, 0.05) is 24.7 Å². The first kappa shape index (κ1) is 13.1. The molecule has 0 radical (unpaired) electrons. The molecule has 3 rings (SSSR count). The molecule has 1 heterocycles. The summed E-state index contributed by atoms with van der Waals surface area (Å²) >= 11 is 0. The van der Waals surface area contributed by atoms with E-state index in [2.05, 4.69) is 54.4 Å². The molecule has 2 atom stereocenters. The smallest absolute Gasteiger partial charge is 0.0450 e. The fourth-order valence-electron chi connectivity index (χ4n) is 3.57. The van der Waals surface area contributed by atoms with Gasteiger partial charge in [-0.15, -0.1) is 0 Å². The molecule has 0 bridgehead atoms. The summed E-state index contributed by atoms with van der Waals surface area (Å²) in [6.07, 6.45) is 4.10. The third-order valence-electron chi connectivity index (χ3n) is 4.98. The maximum absolute atomic E-state index is 3.79. The summed E-state index contributed by atoms with van der Waals surface area (Å²) in [6, 6.07) is 11.4. The second-order valence-corrected chi connectivity index (χ2v) is 6.42. The molecule has 2 nitrogen and oxygen atoms in total. The van der Waals surface area contributed by atoms with E-state index in [4.69, 9.17) is 0 Å². The summed E-state index contributed by atoms with van der Waals surface area (Å²) in [5, 5.41) is 3.79. The summed E-state index contributed by atoms with van der Waals surface area (Å²) in [4.78, 5) is 2.75. The molecule has 104 valence electrons. The molecule has 1 saturated heterocycles. The molecule has 1 N–H and O–H groups in total. The minimum Gasteiger partial charge on any atom is -0.307 e. The van der Waals surface area contributed by atoms with E-state index in [1.807, 2.05) is 0 Å². The molecule has 0 amide bonds. The summed E-state index contributed by atoms with van der Waals surface area (Å²) in [5.74, 6) is 0.920. The molecule has 1 aliphatic carbocycles. The highest BCUT2D eigenvalue weighted by molar-refractivity contribution is 5.21. The minimum absolute atomic E-state index is 0.390. The molecule has 1 aromatic carbocycles. The van der Waals surface area contributed by atoms with Crippen molar-refractivity contribution in [2.75, 3.05) is 19.6 Å². The third kappa shape index (κ3) is 2.56. The Hall–Kier alpha value is -0.860. The Morgan fingerprint density at radius 1 is 1.26 bits per heavy atom. The van der Waals surface area contributed by atoms with Crippen molar-refractivity contribution in [2.24, 2.45) is 5.92 Å². The van der Waals surface area contributed by atoms with Gasteiger partial charge in [-0.05, 0) is 44.2 Å². The average molecular weight is 258 g/mol. The van der Waals surface area contributed by atoms with Crippen molar-refractivity contribution in [1.29, 1.82) is 0 Å². The molecule has 2 unspecified atom stereocenters. The first-order valence-corrected chi connectivity index (χ1v) is 7.77.